The number of nitrogens with one attached hydrogen (secondary N) is 1. The minimum atomic E-state index is -0.270. The smallest absolute Gasteiger partial charge is 0.263 e. The van der Waals surface area contributed by atoms with E-state index in [1.807, 2.05) is 18.2 Å². The predicted molar refractivity (Wildman–Crippen MR) is 118 cm³/mol. The van der Waals surface area contributed by atoms with Gasteiger partial charge in [0.05, 0.1) is 23.4 Å². The molecule has 1 saturated heterocycles. The highest BCUT2D eigenvalue weighted by Gasteiger charge is 2.39. The molecule has 2 aliphatic rings. The number of fused-ring (bicyclic) bond motifs is 1. The first-order valence-corrected chi connectivity index (χ1v) is 10.9. The van der Waals surface area contributed by atoms with E-state index in [-0.39, 0.29) is 30.2 Å². The number of pyridine rings is 1. The topological polar surface area (TPSA) is 82.6 Å². The van der Waals surface area contributed by atoms with Gasteiger partial charge in [0.25, 0.3) is 11.8 Å². The average molecular weight is 421 g/mol. The van der Waals surface area contributed by atoms with Crippen LogP contribution in [0.1, 0.15) is 53.0 Å². The van der Waals surface area contributed by atoms with Gasteiger partial charge in [0.1, 0.15) is 0 Å². The van der Waals surface area contributed by atoms with E-state index in [1.54, 1.807) is 24.5 Å². The monoisotopic (exact) mass is 420 g/mol. The maximum atomic E-state index is 13.2. The molecular weight excluding hydrogens is 392 g/mol. The van der Waals surface area contributed by atoms with Gasteiger partial charge in [-0.1, -0.05) is 26.0 Å². The molecule has 0 radical (unpaired) electrons. The van der Waals surface area contributed by atoms with Crippen molar-refractivity contribution < 1.29 is 14.4 Å². The van der Waals surface area contributed by atoms with Crippen molar-refractivity contribution in [3.8, 4) is 0 Å². The van der Waals surface area contributed by atoms with Gasteiger partial charge < -0.3 is 10.2 Å². The molecule has 7 nitrogen and oxygen atoms in total. The van der Waals surface area contributed by atoms with Gasteiger partial charge in [-0.15, -0.1) is 0 Å². The summed E-state index contributed by atoms with van der Waals surface area (Å²) in [7, 11) is 0. The van der Waals surface area contributed by atoms with Crippen LogP contribution < -0.4 is 10.2 Å². The first kappa shape index (κ1) is 21.0. The van der Waals surface area contributed by atoms with E-state index in [2.05, 4.69) is 29.0 Å². The molecule has 31 heavy (non-hydrogen) atoms. The number of hydrogen-bond donors (Lipinski definition) is 1. The summed E-state index contributed by atoms with van der Waals surface area (Å²) >= 11 is 0. The molecule has 2 aromatic rings. The molecule has 3 amide bonds. The molecule has 0 saturated carbocycles. The second-order valence-corrected chi connectivity index (χ2v) is 8.66. The molecule has 3 heterocycles. The van der Waals surface area contributed by atoms with E-state index in [0.717, 1.165) is 24.1 Å². The number of carbonyl (C=O) groups is 3. The third-order valence-electron chi connectivity index (χ3n) is 5.93. The molecule has 0 spiro atoms. The zero-order valence-electron chi connectivity index (χ0n) is 18.0. The molecule has 7 heteroatoms. The van der Waals surface area contributed by atoms with Crippen LogP contribution in [0.3, 0.4) is 0 Å². The van der Waals surface area contributed by atoms with Crippen LogP contribution in [0.25, 0.3) is 0 Å². The van der Waals surface area contributed by atoms with Crippen LogP contribution >= 0.6 is 0 Å². The molecule has 1 fully saturated rings. The summed E-state index contributed by atoms with van der Waals surface area (Å²) in [6.45, 7) is 6.41. The molecule has 2 aliphatic heterocycles. The summed E-state index contributed by atoms with van der Waals surface area (Å²) < 4.78 is 0. The lowest BCUT2D eigenvalue weighted by atomic mass is 9.94. The Morgan fingerprint density at radius 2 is 1.90 bits per heavy atom. The Hall–Kier alpha value is -3.22. The zero-order valence-corrected chi connectivity index (χ0v) is 18.0. The number of anilines is 1. The van der Waals surface area contributed by atoms with E-state index in [9.17, 15) is 14.4 Å². The predicted octanol–water partition coefficient (Wildman–Crippen LogP) is 2.87. The summed E-state index contributed by atoms with van der Waals surface area (Å²) in [5, 5.41) is 3.02. The number of benzene rings is 1. The van der Waals surface area contributed by atoms with Crippen molar-refractivity contribution in [2.45, 2.75) is 33.2 Å². The number of imide groups is 1. The van der Waals surface area contributed by atoms with Gasteiger partial charge in [0.2, 0.25) is 5.91 Å². The van der Waals surface area contributed by atoms with Crippen LogP contribution in [-0.2, 0) is 11.3 Å². The van der Waals surface area contributed by atoms with Crippen molar-refractivity contribution in [3.05, 3.63) is 59.4 Å². The van der Waals surface area contributed by atoms with Gasteiger partial charge >= 0.3 is 0 Å². The Bertz CT molecular complexity index is 982. The van der Waals surface area contributed by atoms with Gasteiger partial charge in [0, 0.05) is 37.9 Å². The fourth-order valence-electron chi connectivity index (χ4n) is 4.23. The minimum absolute atomic E-state index is 0.00817. The minimum Gasteiger partial charge on any atom is -0.371 e. The van der Waals surface area contributed by atoms with Crippen LogP contribution in [-0.4, -0.2) is 47.2 Å². The normalized spacial score (nSPS) is 16.7. The first-order valence-electron chi connectivity index (χ1n) is 10.9. The van der Waals surface area contributed by atoms with Crippen molar-refractivity contribution in [1.29, 1.82) is 0 Å². The molecule has 1 aromatic carbocycles. The highest BCUT2D eigenvalue weighted by atomic mass is 16.2. The van der Waals surface area contributed by atoms with E-state index in [0.29, 0.717) is 36.7 Å². The Kier molecular flexibility index (Phi) is 6.02. The molecule has 0 unspecified atom stereocenters. The number of piperidine rings is 1. The van der Waals surface area contributed by atoms with Gasteiger partial charge in [0.15, 0.2) is 0 Å². The number of amides is 3. The fourth-order valence-corrected chi connectivity index (χ4v) is 4.23. The van der Waals surface area contributed by atoms with Crippen LogP contribution in [0.4, 0.5) is 5.69 Å². The summed E-state index contributed by atoms with van der Waals surface area (Å²) in [6, 6.07) is 9.09. The summed E-state index contributed by atoms with van der Waals surface area (Å²) in [5.74, 6) is -0.00859. The van der Waals surface area contributed by atoms with Crippen LogP contribution in [0.2, 0.25) is 0 Å². The zero-order chi connectivity index (χ0) is 22.0. The summed E-state index contributed by atoms with van der Waals surface area (Å²) in [5.41, 5.74) is 2.51. The van der Waals surface area contributed by atoms with E-state index < -0.39 is 0 Å². The molecule has 162 valence electrons. The second-order valence-electron chi connectivity index (χ2n) is 8.66. The fraction of sp³-hybridized carbons (Fsp3) is 0.417. The summed E-state index contributed by atoms with van der Waals surface area (Å²) in [6.07, 6.45) is 4.79. The van der Waals surface area contributed by atoms with Crippen molar-refractivity contribution in [2.24, 2.45) is 11.8 Å². The number of rotatable bonds is 6. The Labute approximate surface area is 182 Å². The quantitative estimate of drug-likeness (QED) is 0.727. The Morgan fingerprint density at radius 1 is 1.13 bits per heavy atom. The van der Waals surface area contributed by atoms with Gasteiger partial charge in [-0.05, 0) is 42.5 Å². The van der Waals surface area contributed by atoms with Crippen LogP contribution in [0.5, 0.6) is 0 Å². The van der Waals surface area contributed by atoms with Crippen molar-refractivity contribution in [3.63, 3.8) is 0 Å². The van der Waals surface area contributed by atoms with E-state index >= 15 is 0 Å². The third kappa shape index (κ3) is 4.31. The summed E-state index contributed by atoms with van der Waals surface area (Å²) in [4.78, 5) is 46.0. The maximum Gasteiger partial charge on any atom is 0.263 e. The van der Waals surface area contributed by atoms with E-state index in [1.165, 1.54) is 4.90 Å². The lowest BCUT2D eigenvalue weighted by molar-refractivity contribution is -0.125. The molecule has 4 rings (SSSR count). The van der Waals surface area contributed by atoms with E-state index in [4.69, 9.17) is 0 Å². The molecule has 0 bridgehead atoms. The molecular formula is C24H28N4O3. The number of hydrogen-bond acceptors (Lipinski definition) is 5. The lowest BCUT2D eigenvalue weighted by Crippen LogP contribution is -2.41. The van der Waals surface area contributed by atoms with Gasteiger partial charge in [-0.3, -0.25) is 24.3 Å². The van der Waals surface area contributed by atoms with Crippen LogP contribution in [0.15, 0.2) is 42.7 Å². The molecule has 1 aromatic heterocycles. The van der Waals surface area contributed by atoms with Crippen LogP contribution in [0, 0.1) is 11.8 Å². The number of carbonyl (C=O) groups excluding carboxylic acids is 3. The second kappa shape index (κ2) is 8.88. The Balaban J connectivity index is 1.48. The SMILES string of the molecule is CC(C)CNC(=O)C1CCN(c2cccc3c2C(=O)N(Cc2cccnc2)C3=O)CC1. The van der Waals surface area contributed by atoms with Crippen molar-refractivity contribution in [2.75, 3.05) is 24.5 Å². The highest BCUT2D eigenvalue weighted by molar-refractivity contribution is 6.23. The van der Waals surface area contributed by atoms with Crippen molar-refractivity contribution >= 4 is 23.4 Å². The third-order valence-corrected chi connectivity index (χ3v) is 5.93. The van der Waals surface area contributed by atoms with Crippen molar-refractivity contribution in [1.82, 2.24) is 15.2 Å². The van der Waals surface area contributed by atoms with Gasteiger partial charge in [-0.2, -0.15) is 0 Å². The molecule has 0 atom stereocenters. The number of aromatic nitrogens is 1. The Morgan fingerprint density at radius 3 is 2.58 bits per heavy atom. The number of nitrogens with zero attached hydrogens (tertiary/aromatic N) is 3. The first-order chi connectivity index (χ1) is 15.0. The lowest BCUT2D eigenvalue weighted by Gasteiger charge is -2.34. The highest BCUT2D eigenvalue weighted by Crippen LogP contribution is 2.34. The largest absolute Gasteiger partial charge is 0.371 e. The standard InChI is InChI=1S/C24H28N4O3/c1-16(2)13-26-22(29)18-8-11-27(12-9-18)20-7-3-6-19-21(20)24(31)28(23(19)30)15-17-5-4-10-25-14-17/h3-7,10,14,16,18H,8-9,11-13,15H2,1-2H3,(H,26,29). The average Bonchev–Trinajstić information content (AvgIpc) is 3.03. The maximum absolute atomic E-state index is 13.2. The molecule has 0 aliphatic carbocycles. The molecule has 1 N–H and O–H groups in total. The van der Waals surface area contributed by atoms with Gasteiger partial charge in [-0.25, -0.2) is 0 Å².